The van der Waals surface area contributed by atoms with Gasteiger partial charge in [0.1, 0.15) is 0 Å². The van der Waals surface area contributed by atoms with Gasteiger partial charge < -0.3 is 5.32 Å². The first-order valence-corrected chi connectivity index (χ1v) is 6.24. The zero-order chi connectivity index (χ0) is 14.3. The molecule has 3 rings (SSSR count). The maximum atomic E-state index is 12.0. The third kappa shape index (κ3) is 1.83. The Morgan fingerprint density at radius 1 is 1.35 bits per heavy atom. The molecule has 1 amide bonds. The molecule has 2 N–H and O–H groups in total. The average Bonchev–Trinajstić information content (AvgIpc) is 2.82. The highest BCUT2D eigenvalue weighted by Gasteiger charge is 2.18. The fourth-order valence-electron chi connectivity index (χ4n) is 2.06. The molecule has 2 aromatic heterocycles. The molecule has 20 heavy (non-hydrogen) atoms. The van der Waals surface area contributed by atoms with E-state index >= 15 is 0 Å². The van der Waals surface area contributed by atoms with Crippen molar-refractivity contribution in [2.45, 2.75) is 19.9 Å². The van der Waals surface area contributed by atoms with Gasteiger partial charge in [0, 0.05) is 6.04 Å². The van der Waals surface area contributed by atoms with Crippen molar-refractivity contribution < 1.29 is 4.79 Å². The maximum Gasteiger partial charge on any atom is 0.281 e. The van der Waals surface area contributed by atoms with Crippen LogP contribution in [0.5, 0.6) is 0 Å². The Balaban J connectivity index is 2.28. The highest BCUT2D eigenvalue weighted by Crippen LogP contribution is 2.12. The van der Waals surface area contributed by atoms with Gasteiger partial charge in [-0.1, -0.05) is 12.1 Å². The van der Waals surface area contributed by atoms with Crippen LogP contribution in [-0.4, -0.2) is 31.8 Å². The van der Waals surface area contributed by atoms with Crippen LogP contribution < -0.4 is 10.9 Å². The molecule has 0 atom stereocenters. The van der Waals surface area contributed by atoms with Gasteiger partial charge in [0.05, 0.1) is 10.9 Å². The number of amides is 1. The number of carbonyl (C=O) groups excluding carboxylic acids is 1. The Labute approximate surface area is 113 Å². The molecule has 0 saturated heterocycles. The minimum absolute atomic E-state index is 0.0218. The molecule has 0 bridgehead atoms. The van der Waals surface area contributed by atoms with Crippen molar-refractivity contribution in [3.63, 3.8) is 0 Å². The van der Waals surface area contributed by atoms with Crippen LogP contribution in [-0.2, 0) is 0 Å². The second-order valence-corrected chi connectivity index (χ2v) is 4.78. The van der Waals surface area contributed by atoms with Crippen LogP contribution in [0.15, 0.2) is 29.1 Å². The largest absolute Gasteiger partial charge is 0.348 e. The molecule has 102 valence electrons. The van der Waals surface area contributed by atoms with Gasteiger partial charge in [-0.2, -0.15) is 4.98 Å². The number of fused-ring (bicyclic) bond motifs is 3. The minimum Gasteiger partial charge on any atom is -0.348 e. The SMILES string of the molecule is CC(C)NC(=O)c1n[nH]n2c1nc(=O)c1ccccc12. The monoisotopic (exact) mass is 271 g/mol. The Morgan fingerprint density at radius 3 is 2.85 bits per heavy atom. The summed E-state index contributed by atoms with van der Waals surface area (Å²) in [5.74, 6) is -0.360. The molecule has 0 aliphatic rings. The van der Waals surface area contributed by atoms with Crippen molar-refractivity contribution in [2.75, 3.05) is 0 Å². The number of nitrogens with one attached hydrogen (secondary N) is 2. The molecule has 0 saturated carbocycles. The molecule has 0 radical (unpaired) electrons. The van der Waals surface area contributed by atoms with Crippen molar-refractivity contribution >= 4 is 22.5 Å². The van der Waals surface area contributed by atoms with E-state index in [2.05, 4.69) is 20.6 Å². The number of nitrogens with zero attached hydrogens (tertiary/aromatic N) is 3. The molecule has 3 aromatic rings. The van der Waals surface area contributed by atoms with Crippen molar-refractivity contribution in [3.8, 4) is 0 Å². The number of rotatable bonds is 2. The molecule has 0 fully saturated rings. The topological polar surface area (TPSA) is 92.2 Å². The van der Waals surface area contributed by atoms with Crippen LogP contribution in [0.1, 0.15) is 24.3 Å². The van der Waals surface area contributed by atoms with Gasteiger partial charge in [-0.25, -0.2) is 9.73 Å². The Kier molecular flexibility index (Phi) is 2.74. The summed E-state index contributed by atoms with van der Waals surface area (Å²) in [6.45, 7) is 3.70. The predicted molar refractivity (Wildman–Crippen MR) is 73.7 cm³/mol. The second-order valence-electron chi connectivity index (χ2n) is 4.78. The van der Waals surface area contributed by atoms with Crippen LogP contribution in [0.25, 0.3) is 16.6 Å². The smallest absolute Gasteiger partial charge is 0.281 e. The summed E-state index contributed by atoms with van der Waals surface area (Å²) in [7, 11) is 0. The number of benzene rings is 1. The van der Waals surface area contributed by atoms with E-state index < -0.39 is 0 Å². The summed E-state index contributed by atoms with van der Waals surface area (Å²) in [5, 5.41) is 9.89. The molecule has 0 aliphatic carbocycles. The minimum atomic E-state index is -0.374. The lowest BCUT2D eigenvalue weighted by Gasteiger charge is -2.05. The van der Waals surface area contributed by atoms with E-state index in [1.54, 1.807) is 18.2 Å². The van der Waals surface area contributed by atoms with Gasteiger partial charge in [-0.3, -0.25) is 9.59 Å². The number of para-hydroxylation sites is 1. The third-order valence-electron chi connectivity index (χ3n) is 2.90. The standard InChI is InChI=1S/C13H13N5O2/c1-7(2)14-13(20)10-11-15-12(19)8-5-3-4-6-9(8)18(11)17-16-10/h3-7,17H,1-2H3,(H,14,20). The molecule has 7 heteroatoms. The van der Waals surface area contributed by atoms with Crippen LogP contribution in [0.4, 0.5) is 0 Å². The fraction of sp³-hybridized carbons (Fsp3) is 0.231. The number of hydrogen-bond acceptors (Lipinski definition) is 4. The van der Waals surface area contributed by atoms with Gasteiger partial charge >= 0.3 is 0 Å². The summed E-state index contributed by atoms with van der Waals surface area (Å²) in [6, 6.07) is 7.01. The van der Waals surface area contributed by atoms with Gasteiger partial charge in [0.15, 0.2) is 11.3 Å². The molecule has 7 nitrogen and oxygen atoms in total. The quantitative estimate of drug-likeness (QED) is 0.718. The molecule has 1 aromatic carbocycles. The van der Waals surface area contributed by atoms with E-state index in [9.17, 15) is 9.59 Å². The Hall–Kier alpha value is -2.70. The Bertz CT molecular complexity index is 862. The van der Waals surface area contributed by atoms with E-state index in [-0.39, 0.29) is 28.8 Å². The van der Waals surface area contributed by atoms with E-state index in [0.717, 1.165) is 0 Å². The summed E-state index contributed by atoms with van der Waals surface area (Å²) in [6.07, 6.45) is 0. The fourth-order valence-corrected chi connectivity index (χ4v) is 2.06. The lowest BCUT2D eigenvalue weighted by atomic mass is 10.2. The van der Waals surface area contributed by atoms with Crippen LogP contribution in [0.2, 0.25) is 0 Å². The molecule has 0 aliphatic heterocycles. The van der Waals surface area contributed by atoms with Crippen LogP contribution >= 0.6 is 0 Å². The van der Waals surface area contributed by atoms with Crippen molar-refractivity contribution in [1.82, 2.24) is 25.1 Å². The highest BCUT2D eigenvalue weighted by atomic mass is 16.2. The van der Waals surface area contributed by atoms with Gasteiger partial charge in [-0.15, -0.1) is 5.10 Å². The molecule has 2 heterocycles. The first-order chi connectivity index (χ1) is 9.58. The van der Waals surface area contributed by atoms with Crippen LogP contribution in [0.3, 0.4) is 0 Å². The summed E-state index contributed by atoms with van der Waals surface area (Å²) in [5.41, 5.74) is 0.604. The number of aromatic nitrogens is 4. The van der Waals surface area contributed by atoms with Crippen molar-refractivity contribution in [3.05, 3.63) is 40.3 Å². The van der Waals surface area contributed by atoms with E-state index in [1.807, 2.05) is 19.9 Å². The first kappa shape index (κ1) is 12.3. The molecule has 0 unspecified atom stereocenters. The molecular weight excluding hydrogens is 258 g/mol. The van der Waals surface area contributed by atoms with Gasteiger partial charge in [0.2, 0.25) is 0 Å². The third-order valence-corrected chi connectivity index (χ3v) is 2.90. The van der Waals surface area contributed by atoms with Crippen molar-refractivity contribution in [1.29, 1.82) is 0 Å². The number of hydrogen-bond donors (Lipinski definition) is 2. The lowest BCUT2D eigenvalue weighted by molar-refractivity contribution is 0.0939. The number of aromatic amines is 1. The van der Waals surface area contributed by atoms with E-state index in [4.69, 9.17) is 0 Å². The first-order valence-electron chi connectivity index (χ1n) is 6.24. The van der Waals surface area contributed by atoms with E-state index in [0.29, 0.717) is 10.9 Å². The predicted octanol–water partition coefficient (Wildman–Crippen LogP) is 0.709. The van der Waals surface area contributed by atoms with E-state index in [1.165, 1.54) is 4.52 Å². The zero-order valence-corrected chi connectivity index (χ0v) is 11.0. The summed E-state index contributed by atoms with van der Waals surface area (Å²) >= 11 is 0. The van der Waals surface area contributed by atoms with Crippen molar-refractivity contribution in [2.24, 2.45) is 0 Å². The lowest BCUT2D eigenvalue weighted by Crippen LogP contribution is -2.30. The maximum absolute atomic E-state index is 12.0. The average molecular weight is 271 g/mol. The summed E-state index contributed by atoms with van der Waals surface area (Å²) in [4.78, 5) is 28.0. The number of carbonyl (C=O) groups is 1. The normalized spacial score (nSPS) is 11.3. The molecule has 0 spiro atoms. The van der Waals surface area contributed by atoms with Gasteiger partial charge in [0.25, 0.3) is 11.5 Å². The molecular formula is C13H13N5O2. The van der Waals surface area contributed by atoms with Gasteiger partial charge in [-0.05, 0) is 26.0 Å². The van der Waals surface area contributed by atoms with Crippen LogP contribution in [0, 0.1) is 0 Å². The number of H-pyrrole nitrogens is 1. The zero-order valence-electron chi connectivity index (χ0n) is 11.0. The second kappa shape index (κ2) is 4.44. The Morgan fingerprint density at radius 2 is 2.10 bits per heavy atom. The summed E-state index contributed by atoms with van der Waals surface area (Å²) < 4.78 is 1.53. The highest BCUT2D eigenvalue weighted by molar-refractivity contribution is 5.98.